The molecular formula is C31H28N4O4S. The maximum absolute atomic E-state index is 12.6. The average molecular weight is 553 g/mol. The van der Waals surface area contributed by atoms with Crippen molar-refractivity contribution in [3.8, 4) is 28.1 Å². The number of carboxylic acid groups (broad SMARTS) is 1. The number of hydrogen-bond acceptors (Lipinski definition) is 6. The highest BCUT2D eigenvalue weighted by molar-refractivity contribution is 7.18. The zero-order valence-corrected chi connectivity index (χ0v) is 23.1. The molecule has 2 heterocycles. The summed E-state index contributed by atoms with van der Waals surface area (Å²) in [4.78, 5) is 32.6. The number of aromatic nitrogens is 2. The van der Waals surface area contributed by atoms with Gasteiger partial charge >= 0.3 is 12.0 Å². The molecule has 2 aromatic heterocycles. The molecule has 9 heteroatoms. The molecule has 0 saturated carbocycles. The van der Waals surface area contributed by atoms with Crippen molar-refractivity contribution in [1.29, 1.82) is 0 Å². The normalized spacial score (nSPS) is 10.9. The quantitative estimate of drug-likeness (QED) is 0.186. The Labute approximate surface area is 235 Å². The number of aliphatic carboxylic acids is 1. The van der Waals surface area contributed by atoms with Crippen LogP contribution in [0, 0.1) is 13.8 Å². The monoisotopic (exact) mass is 552 g/mol. The van der Waals surface area contributed by atoms with E-state index in [0.717, 1.165) is 55.0 Å². The zero-order valence-electron chi connectivity index (χ0n) is 22.3. The Morgan fingerprint density at radius 3 is 2.33 bits per heavy atom. The minimum absolute atomic E-state index is 0.109. The smallest absolute Gasteiger partial charge is 0.323 e. The fourth-order valence-corrected chi connectivity index (χ4v) is 5.52. The van der Waals surface area contributed by atoms with Crippen LogP contribution in [0.25, 0.3) is 32.6 Å². The predicted octanol–water partition coefficient (Wildman–Crippen LogP) is 7.31. The SMILES string of the molecule is COc1cc(NC(=O)Nc2ccc(-c3ncnc4c(-c5ccc(CCC(=O)O)cc5)csc34)cc2)cc(C)c1C. The summed E-state index contributed by atoms with van der Waals surface area (Å²) >= 11 is 1.58. The summed E-state index contributed by atoms with van der Waals surface area (Å²) in [6, 6.07) is 18.8. The fraction of sp³-hybridized carbons (Fsp3) is 0.161. The van der Waals surface area contributed by atoms with Crippen LogP contribution in [0.15, 0.2) is 72.4 Å². The van der Waals surface area contributed by atoms with E-state index < -0.39 is 5.97 Å². The van der Waals surface area contributed by atoms with Gasteiger partial charge in [0.05, 0.1) is 23.0 Å². The maximum atomic E-state index is 12.6. The van der Waals surface area contributed by atoms with E-state index in [4.69, 9.17) is 9.84 Å². The molecule has 0 radical (unpaired) electrons. The first-order valence-corrected chi connectivity index (χ1v) is 13.6. The number of carboxylic acids is 1. The van der Waals surface area contributed by atoms with Crippen molar-refractivity contribution in [3.63, 3.8) is 0 Å². The minimum Gasteiger partial charge on any atom is -0.496 e. The van der Waals surface area contributed by atoms with Crippen molar-refractivity contribution in [3.05, 3.63) is 89.1 Å². The molecule has 8 nitrogen and oxygen atoms in total. The average Bonchev–Trinajstić information content (AvgIpc) is 3.39. The lowest BCUT2D eigenvalue weighted by molar-refractivity contribution is -0.136. The highest BCUT2D eigenvalue weighted by Crippen LogP contribution is 2.37. The summed E-state index contributed by atoms with van der Waals surface area (Å²) in [5.41, 5.74) is 8.96. The number of anilines is 2. The fourth-order valence-electron chi connectivity index (χ4n) is 4.48. The van der Waals surface area contributed by atoms with E-state index in [0.29, 0.717) is 17.8 Å². The first kappa shape index (κ1) is 26.8. The van der Waals surface area contributed by atoms with Gasteiger partial charge in [0.2, 0.25) is 0 Å². The lowest BCUT2D eigenvalue weighted by Gasteiger charge is -2.13. The highest BCUT2D eigenvalue weighted by atomic mass is 32.1. The lowest BCUT2D eigenvalue weighted by atomic mass is 10.0. The molecule has 0 aliphatic heterocycles. The molecule has 0 saturated heterocycles. The molecule has 0 atom stereocenters. The van der Waals surface area contributed by atoms with Crippen LogP contribution in [0.2, 0.25) is 0 Å². The number of ether oxygens (including phenoxy) is 1. The van der Waals surface area contributed by atoms with Crippen molar-refractivity contribution in [2.75, 3.05) is 17.7 Å². The minimum atomic E-state index is -0.803. The molecule has 40 heavy (non-hydrogen) atoms. The van der Waals surface area contributed by atoms with Crippen LogP contribution in [-0.4, -0.2) is 34.2 Å². The number of nitrogens with zero attached hydrogens (tertiary/aromatic N) is 2. The van der Waals surface area contributed by atoms with Crippen molar-refractivity contribution >= 4 is 44.9 Å². The number of benzene rings is 3. The zero-order chi connectivity index (χ0) is 28.2. The van der Waals surface area contributed by atoms with Gasteiger partial charge in [0.1, 0.15) is 12.1 Å². The van der Waals surface area contributed by atoms with E-state index in [9.17, 15) is 9.59 Å². The summed E-state index contributed by atoms with van der Waals surface area (Å²) in [6.45, 7) is 3.95. The molecule has 2 amide bonds. The Bertz CT molecular complexity index is 1700. The van der Waals surface area contributed by atoms with Crippen LogP contribution >= 0.6 is 11.3 Å². The van der Waals surface area contributed by atoms with Gasteiger partial charge in [0, 0.05) is 40.4 Å². The molecule has 0 aliphatic rings. The molecule has 3 aromatic carbocycles. The third-order valence-corrected chi connectivity index (χ3v) is 7.74. The number of fused-ring (bicyclic) bond motifs is 1. The van der Waals surface area contributed by atoms with Gasteiger partial charge < -0.3 is 20.5 Å². The number of nitrogens with one attached hydrogen (secondary N) is 2. The largest absolute Gasteiger partial charge is 0.496 e. The Morgan fingerprint density at radius 1 is 0.925 bits per heavy atom. The number of rotatable bonds is 8. The van der Waals surface area contributed by atoms with Gasteiger partial charge in [-0.05, 0) is 60.7 Å². The van der Waals surface area contributed by atoms with Crippen LogP contribution in [0.4, 0.5) is 16.2 Å². The summed E-state index contributed by atoms with van der Waals surface area (Å²) in [6.07, 6.45) is 2.17. The van der Waals surface area contributed by atoms with Gasteiger partial charge in [0.15, 0.2) is 0 Å². The van der Waals surface area contributed by atoms with Crippen LogP contribution in [0.5, 0.6) is 5.75 Å². The van der Waals surface area contributed by atoms with Gasteiger partial charge in [0.25, 0.3) is 0 Å². The number of amides is 2. The highest BCUT2D eigenvalue weighted by Gasteiger charge is 2.14. The van der Waals surface area contributed by atoms with Gasteiger partial charge in [-0.1, -0.05) is 36.4 Å². The van der Waals surface area contributed by atoms with Crippen molar-refractivity contribution < 1.29 is 19.4 Å². The van der Waals surface area contributed by atoms with Gasteiger partial charge in [-0.2, -0.15) is 0 Å². The Morgan fingerprint density at radius 2 is 1.62 bits per heavy atom. The third-order valence-electron chi connectivity index (χ3n) is 6.76. The standard InChI is InChI=1S/C31H28N4O4S/c1-18-14-24(15-26(39-3)19(18)2)35-31(38)34-23-11-9-22(10-12-23)28-30-29(33-17-32-28)25(16-40-30)21-7-4-20(5-8-21)6-13-27(36)37/h4-5,7-12,14-17H,6,13H2,1-3H3,(H,36,37)(H2,34,35,38). The summed E-state index contributed by atoms with van der Waals surface area (Å²) in [5, 5.41) is 16.7. The van der Waals surface area contributed by atoms with E-state index in [1.807, 2.05) is 68.4 Å². The van der Waals surface area contributed by atoms with Crippen molar-refractivity contribution in [2.24, 2.45) is 0 Å². The first-order valence-electron chi connectivity index (χ1n) is 12.7. The Balaban J connectivity index is 1.31. The second-order valence-electron chi connectivity index (χ2n) is 9.42. The number of methoxy groups -OCH3 is 1. The number of aryl methyl sites for hydroxylation is 2. The number of thiophene rings is 1. The van der Waals surface area contributed by atoms with Gasteiger partial charge in [-0.25, -0.2) is 14.8 Å². The second kappa shape index (κ2) is 11.5. The second-order valence-corrected chi connectivity index (χ2v) is 10.3. The molecule has 5 aromatic rings. The summed E-state index contributed by atoms with van der Waals surface area (Å²) in [5.74, 6) is -0.0807. The summed E-state index contributed by atoms with van der Waals surface area (Å²) in [7, 11) is 1.61. The molecule has 5 rings (SSSR count). The predicted molar refractivity (Wildman–Crippen MR) is 159 cm³/mol. The van der Waals surface area contributed by atoms with Crippen LogP contribution < -0.4 is 15.4 Å². The maximum Gasteiger partial charge on any atom is 0.323 e. The van der Waals surface area contributed by atoms with E-state index >= 15 is 0 Å². The van der Waals surface area contributed by atoms with E-state index in [-0.39, 0.29) is 12.5 Å². The molecular weight excluding hydrogens is 524 g/mol. The van der Waals surface area contributed by atoms with Gasteiger partial charge in [-0.15, -0.1) is 11.3 Å². The molecule has 3 N–H and O–H groups in total. The Kier molecular flexibility index (Phi) is 7.75. The topological polar surface area (TPSA) is 113 Å². The molecule has 0 bridgehead atoms. The van der Waals surface area contributed by atoms with Crippen LogP contribution in [0.1, 0.15) is 23.1 Å². The Hall–Kier alpha value is -4.76. The third kappa shape index (κ3) is 5.79. The van der Waals surface area contributed by atoms with Crippen molar-refractivity contribution in [1.82, 2.24) is 9.97 Å². The summed E-state index contributed by atoms with van der Waals surface area (Å²) < 4.78 is 6.37. The molecule has 202 valence electrons. The number of urea groups is 1. The number of carbonyl (C=O) groups is 2. The van der Waals surface area contributed by atoms with Gasteiger partial charge in [-0.3, -0.25) is 4.79 Å². The van der Waals surface area contributed by atoms with Crippen molar-refractivity contribution in [2.45, 2.75) is 26.7 Å². The molecule has 0 unspecified atom stereocenters. The molecule has 0 aliphatic carbocycles. The van der Waals surface area contributed by atoms with Crippen LogP contribution in [0.3, 0.4) is 0 Å². The molecule has 0 fully saturated rings. The van der Waals surface area contributed by atoms with E-state index in [2.05, 4.69) is 26.0 Å². The number of hydrogen-bond donors (Lipinski definition) is 3. The van der Waals surface area contributed by atoms with E-state index in [1.165, 1.54) is 0 Å². The lowest BCUT2D eigenvalue weighted by Crippen LogP contribution is -2.19. The first-order chi connectivity index (χ1) is 19.3. The molecule has 0 spiro atoms. The number of carbonyl (C=O) groups excluding carboxylic acids is 1. The van der Waals surface area contributed by atoms with Crippen LogP contribution in [-0.2, 0) is 11.2 Å². The van der Waals surface area contributed by atoms with E-state index in [1.54, 1.807) is 30.8 Å².